The minimum absolute atomic E-state index is 0.0699. The van der Waals surface area contributed by atoms with E-state index in [2.05, 4.69) is 0 Å². The van der Waals surface area contributed by atoms with E-state index in [4.69, 9.17) is 9.47 Å². The highest BCUT2D eigenvalue weighted by Crippen LogP contribution is 2.51. The normalized spacial score (nSPS) is 23.4. The Morgan fingerprint density at radius 2 is 1.74 bits per heavy atom. The van der Waals surface area contributed by atoms with Gasteiger partial charge in [-0.05, 0) is 104 Å². The molecular weight excluding hydrogens is 476 g/mol. The highest BCUT2D eigenvalue weighted by Gasteiger charge is 2.37. The Morgan fingerprint density at radius 1 is 1.03 bits per heavy atom. The topological polar surface area (TPSA) is 55.8 Å². The Labute approximate surface area is 205 Å². The summed E-state index contributed by atoms with van der Waals surface area (Å²) in [4.78, 5) is 9.92. The standard InChI is InChI=1S/C27H34F3O4P/c1-33-22-12-13-26(27(28,29)30)24(15-22)19-8-6-18(7-9-19)16-34-23-5-3-4-21(14-23)25(20-10-11-20)17-35(2,31)32/h3-5,12-15,18-20,25H,6-11,16-17H2,1-2H3,(H,31,32)/t18?,19?,25-/m0/s1. The van der Waals surface area contributed by atoms with Crippen LogP contribution in [0.3, 0.4) is 0 Å². The fraction of sp³-hybridized carbons (Fsp3) is 0.556. The van der Waals surface area contributed by atoms with Crippen molar-refractivity contribution in [3.8, 4) is 11.5 Å². The molecule has 2 saturated carbocycles. The van der Waals surface area contributed by atoms with Crippen LogP contribution in [0.5, 0.6) is 11.5 Å². The van der Waals surface area contributed by atoms with Gasteiger partial charge in [0.2, 0.25) is 0 Å². The molecule has 2 aliphatic rings. The lowest BCUT2D eigenvalue weighted by Gasteiger charge is -2.30. The van der Waals surface area contributed by atoms with Gasteiger partial charge in [0.15, 0.2) is 7.37 Å². The van der Waals surface area contributed by atoms with E-state index in [-0.39, 0.29) is 23.9 Å². The smallest absolute Gasteiger partial charge is 0.416 e. The van der Waals surface area contributed by atoms with E-state index < -0.39 is 19.1 Å². The lowest BCUT2D eigenvalue weighted by atomic mass is 9.77. The molecule has 2 fully saturated rings. The van der Waals surface area contributed by atoms with Crippen molar-refractivity contribution in [2.45, 2.75) is 56.5 Å². The molecule has 2 aliphatic carbocycles. The number of rotatable bonds is 9. The zero-order valence-electron chi connectivity index (χ0n) is 20.3. The Balaban J connectivity index is 1.36. The molecule has 1 unspecified atom stereocenters. The van der Waals surface area contributed by atoms with Crippen molar-refractivity contribution in [3.63, 3.8) is 0 Å². The number of ether oxygens (including phenoxy) is 2. The van der Waals surface area contributed by atoms with Crippen molar-refractivity contribution >= 4 is 7.37 Å². The van der Waals surface area contributed by atoms with Crippen LogP contribution >= 0.6 is 7.37 Å². The molecule has 2 atom stereocenters. The van der Waals surface area contributed by atoms with Crippen LogP contribution in [-0.4, -0.2) is 31.4 Å². The maximum atomic E-state index is 13.6. The summed E-state index contributed by atoms with van der Waals surface area (Å²) in [6.45, 7) is 1.93. The second-order valence-corrected chi connectivity index (χ2v) is 12.7. The molecule has 2 aromatic carbocycles. The molecule has 0 radical (unpaired) electrons. The van der Waals surface area contributed by atoms with Gasteiger partial charge in [-0.2, -0.15) is 13.2 Å². The van der Waals surface area contributed by atoms with Crippen LogP contribution in [0.4, 0.5) is 13.2 Å². The van der Waals surface area contributed by atoms with E-state index in [1.165, 1.54) is 25.9 Å². The summed E-state index contributed by atoms with van der Waals surface area (Å²) in [7, 11) is -1.66. The van der Waals surface area contributed by atoms with Crippen LogP contribution in [0.15, 0.2) is 42.5 Å². The molecule has 2 aromatic rings. The number of methoxy groups -OCH3 is 1. The molecular formula is C27H34F3O4P. The minimum atomic E-state index is -4.38. The van der Waals surface area contributed by atoms with Gasteiger partial charge in [-0.1, -0.05) is 12.1 Å². The molecule has 0 bridgehead atoms. The van der Waals surface area contributed by atoms with Crippen LogP contribution < -0.4 is 9.47 Å². The predicted octanol–water partition coefficient (Wildman–Crippen LogP) is 7.46. The summed E-state index contributed by atoms with van der Waals surface area (Å²) >= 11 is 0. The van der Waals surface area contributed by atoms with E-state index in [0.29, 0.717) is 36.7 Å². The average Bonchev–Trinajstić information content (AvgIpc) is 3.65. The van der Waals surface area contributed by atoms with Crippen molar-refractivity contribution in [2.24, 2.45) is 11.8 Å². The van der Waals surface area contributed by atoms with Crippen molar-refractivity contribution in [1.82, 2.24) is 0 Å². The number of hydrogen-bond acceptors (Lipinski definition) is 3. The van der Waals surface area contributed by atoms with E-state index in [9.17, 15) is 22.6 Å². The molecule has 0 aliphatic heterocycles. The van der Waals surface area contributed by atoms with Gasteiger partial charge in [-0.25, -0.2) is 0 Å². The first-order valence-electron chi connectivity index (χ1n) is 12.3. The molecule has 0 saturated heterocycles. The van der Waals surface area contributed by atoms with Crippen LogP contribution in [0.2, 0.25) is 0 Å². The fourth-order valence-electron chi connectivity index (χ4n) is 5.34. The monoisotopic (exact) mass is 510 g/mol. The Bertz CT molecular complexity index is 1050. The first-order valence-corrected chi connectivity index (χ1v) is 14.6. The second kappa shape index (κ2) is 10.6. The largest absolute Gasteiger partial charge is 0.497 e. The van der Waals surface area contributed by atoms with Crippen LogP contribution in [0, 0.1) is 11.8 Å². The van der Waals surface area contributed by atoms with Crippen molar-refractivity contribution < 1.29 is 32.1 Å². The van der Waals surface area contributed by atoms with Gasteiger partial charge in [-0.15, -0.1) is 0 Å². The second-order valence-electron chi connectivity index (χ2n) is 10.2. The van der Waals surface area contributed by atoms with Gasteiger partial charge in [0.05, 0.1) is 19.3 Å². The molecule has 0 spiro atoms. The van der Waals surface area contributed by atoms with E-state index >= 15 is 0 Å². The maximum absolute atomic E-state index is 13.6. The van der Waals surface area contributed by atoms with Crippen LogP contribution in [0.25, 0.3) is 0 Å². The Kier molecular flexibility index (Phi) is 7.87. The zero-order chi connectivity index (χ0) is 25.2. The van der Waals surface area contributed by atoms with Crippen molar-refractivity contribution in [3.05, 3.63) is 59.2 Å². The summed E-state index contributed by atoms with van der Waals surface area (Å²) in [6, 6.07) is 11.8. The minimum Gasteiger partial charge on any atom is -0.497 e. The molecule has 0 heterocycles. The third-order valence-corrected chi connectivity index (χ3v) is 8.42. The molecule has 0 aromatic heterocycles. The molecule has 4 nitrogen and oxygen atoms in total. The number of alkyl halides is 3. The molecule has 35 heavy (non-hydrogen) atoms. The zero-order valence-corrected chi connectivity index (χ0v) is 21.2. The third-order valence-electron chi connectivity index (χ3n) is 7.35. The van der Waals surface area contributed by atoms with E-state index in [1.807, 2.05) is 24.3 Å². The van der Waals surface area contributed by atoms with Gasteiger partial charge < -0.3 is 14.4 Å². The number of hydrogen-bond donors (Lipinski definition) is 1. The van der Waals surface area contributed by atoms with Crippen molar-refractivity contribution in [1.29, 1.82) is 0 Å². The van der Waals surface area contributed by atoms with Gasteiger partial charge in [0.25, 0.3) is 0 Å². The van der Waals surface area contributed by atoms with Gasteiger partial charge >= 0.3 is 6.18 Å². The quantitative estimate of drug-likeness (QED) is 0.356. The third kappa shape index (κ3) is 7.04. The number of halogens is 3. The molecule has 1 N–H and O–H groups in total. The van der Waals surface area contributed by atoms with Gasteiger partial charge in [-0.3, -0.25) is 4.57 Å². The highest BCUT2D eigenvalue weighted by atomic mass is 31.2. The first-order chi connectivity index (χ1) is 16.5. The summed E-state index contributed by atoms with van der Waals surface area (Å²) < 4.78 is 64.0. The van der Waals surface area contributed by atoms with E-state index in [0.717, 1.165) is 43.1 Å². The fourth-order valence-corrected chi connectivity index (χ4v) is 6.58. The summed E-state index contributed by atoms with van der Waals surface area (Å²) in [6.07, 6.45) is 1.03. The summed E-state index contributed by atoms with van der Waals surface area (Å²) in [5, 5.41) is 0. The van der Waals surface area contributed by atoms with Crippen molar-refractivity contribution in [2.75, 3.05) is 26.5 Å². The van der Waals surface area contributed by atoms with Crippen LogP contribution in [0.1, 0.15) is 67.1 Å². The number of benzene rings is 2. The molecule has 0 amide bonds. The van der Waals surface area contributed by atoms with Gasteiger partial charge in [0, 0.05) is 12.8 Å². The lowest BCUT2D eigenvalue weighted by molar-refractivity contribution is -0.138. The van der Waals surface area contributed by atoms with E-state index in [1.54, 1.807) is 0 Å². The average molecular weight is 511 g/mol. The van der Waals surface area contributed by atoms with Crippen LogP contribution in [-0.2, 0) is 10.7 Å². The summed E-state index contributed by atoms with van der Waals surface area (Å²) in [5.74, 6) is 1.85. The molecule has 8 heteroatoms. The maximum Gasteiger partial charge on any atom is 0.416 e. The predicted molar refractivity (Wildman–Crippen MR) is 131 cm³/mol. The Morgan fingerprint density at radius 3 is 2.34 bits per heavy atom. The van der Waals surface area contributed by atoms with Gasteiger partial charge in [0.1, 0.15) is 11.5 Å². The highest BCUT2D eigenvalue weighted by molar-refractivity contribution is 7.57. The summed E-state index contributed by atoms with van der Waals surface area (Å²) in [5.41, 5.74) is 0.800. The molecule has 4 rings (SSSR count). The Hall–Kier alpha value is -1.98. The lowest BCUT2D eigenvalue weighted by Crippen LogP contribution is -2.21. The molecule has 192 valence electrons. The first kappa shape index (κ1) is 26.1. The SMILES string of the molecule is COc1ccc(C(F)(F)F)c(C2CCC(COc3cccc([C@@H](CP(C)(=O)O)C4CC4)c3)CC2)c1.